The van der Waals surface area contributed by atoms with E-state index in [2.05, 4.69) is 26.6 Å². The summed E-state index contributed by atoms with van der Waals surface area (Å²) in [6.07, 6.45) is 3.88. The van der Waals surface area contributed by atoms with Crippen LogP contribution in [0.4, 0.5) is 0 Å². The van der Waals surface area contributed by atoms with Gasteiger partial charge in [-0.25, -0.2) is 4.98 Å². The van der Waals surface area contributed by atoms with E-state index in [4.69, 9.17) is 5.26 Å². The highest BCUT2D eigenvalue weighted by Gasteiger charge is 2.10. The predicted molar refractivity (Wildman–Crippen MR) is 62.2 cm³/mol. The van der Waals surface area contributed by atoms with E-state index in [9.17, 15) is 4.79 Å². The van der Waals surface area contributed by atoms with Gasteiger partial charge in [0, 0.05) is 19.4 Å². The third-order valence-electron chi connectivity index (χ3n) is 2.22. The summed E-state index contributed by atoms with van der Waals surface area (Å²) in [7, 11) is 0. The molecule has 1 amide bonds. The Morgan fingerprint density at radius 3 is 3.06 bits per heavy atom. The first-order chi connectivity index (χ1) is 8.27. The van der Waals surface area contributed by atoms with E-state index in [0.29, 0.717) is 13.0 Å². The van der Waals surface area contributed by atoms with E-state index >= 15 is 0 Å². The van der Waals surface area contributed by atoms with Gasteiger partial charge in [-0.2, -0.15) is 5.26 Å². The van der Waals surface area contributed by atoms with Gasteiger partial charge in [-0.05, 0) is 19.3 Å². The van der Waals surface area contributed by atoms with Gasteiger partial charge in [0.15, 0.2) is 0 Å². The number of unbranched alkanes of at least 4 members (excludes halogenated alkanes) is 2. The molecular formula is C11H17N5O. The first-order valence-electron chi connectivity index (χ1n) is 5.84. The number of aryl methyl sites for hydroxylation is 1. The van der Waals surface area contributed by atoms with E-state index in [1.807, 2.05) is 6.92 Å². The Morgan fingerprint density at radius 2 is 2.35 bits per heavy atom. The first kappa shape index (κ1) is 13.2. The monoisotopic (exact) mass is 235 g/mol. The highest BCUT2D eigenvalue weighted by Crippen LogP contribution is 1.97. The summed E-state index contributed by atoms with van der Waals surface area (Å²) in [4.78, 5) is 15.7. The Balaban J connectivity index is 2.29. The van der Waals surface area contributed by atoms with E-state index in [1.165, 1.54) is 0 Å². The van der Waals surface area contributed by atoms with Crippen molar-refractivity contribution >= 4 is 5.91 Å². The third-order valence-corrected chi connectivity index (χ3v) is 2.22. The van der Waals surface area contributed by atoms with Crippen LogP contribution in [0.3, 0.4) is 0 Å². The van der Waals surface area contributed by atoms with Crippen LogP contribution in [0, 0.1) is 11.3 Å². The maximum atomic E-state index is 11.6. The van der Waals surface area contributed by atoms with Crippen LogP contribution < -0.4 is 5.32 Å². The van der Waals surface area contributed by atoms with Crippen LogP contribution in [-0.2, 0) is 6.42 Å². The van der Waals surface area contributed by atoms with Gasteiger partial charge in [0.25, 0.3) is 5.91 Å². The third kappa shape index (κ3) is 4.64. The van der Waals surface area contributed by atoms with E-state index in [1.54, 1.807) is 0 Å². The molecule has 0 saturated heterocycles. The molecule has 0 unspecified atom stereocenters. The molecule has 0 saturated carbocycles. The lowest BCUT2D eigenvalue weighted by molar-refractivity contribution is 0.0943. The van der Waals surface area contributed by atoms with Crippen LogP contribution in [0.1, 0.15) is 49.1 Å². The number of aromatic amines is 1. The number of H-pyrrole nitrogens is 1. The largest absolute Gasteiger partial charge is 0.349 e. The minimum Gasteiger partial charge on any atom is -0.349 e. The molecular weight excluding hydrogens is 218 g/mol. The van der Waals surface area contributed by atoms with Crippen molar-refractivity contribution in [1.82, 2.24) is 20.5 Å². The first-order valence-corrected chi connectivity index (χ1v) is 5.84. The lowest BCUT2D eigenvalue weighted by Gasteiger charge is -2.00. The number of aromatic nitrogens is 3. The zero-order chi connectivity index (χ0) is 12.5. The molecule has 6 heteroatoms. The molecule has 0 spiro atoms. The average molecular weight is 235 g/mol. The molecule has 0 aromatic carbocycles. The SMILES string of the molecule is CCCc1nc(C(=O)NCCCCC#N)n[nH]1. The van der Waals surface area contributed by atoms with E-state index < -0.39 is 0 Å². The summed E-state index contributed by atoms with van der Waals surface area (Å²) in [5.41, 5.74) is 0. The molecule has 0 fully saturated rings. The smallest absolute Gasteiger partial charge is 0.290 e. The van der Waals surface area contributed by atoms with E-state index in [-0.39, 0.29) is 11.7 Å². The normalized spacial score (nSPS) is 9.88. The van der Waals surface area contributed by atoms with Gasteiger partial charge in [0.1, 0.15) is 5.82 Å². The van der Waals surface area contributed by atoms with Gasteiger partial charge >= 0.3 is 0 Å². The fourth-order valence-electron chi connectivity index (χ4n) is 1.36. The molecule has 1 aromatic rings. The van der Waals surface area contributed by atoms with Crippen molar-refractivity contribution in [2.45, 2.75) is 39.0 Å². The van der Waals surface area contributed by atoms with Crippen LogP contribution in [0.25, 0.3) is 0 Å². The summed E-state index contributed by atoms with van der Waals surface area (Å²) in [6, 6.07) is 2.06. The molecule has 0 bridgehead atoms. The zero-order valence-electron chi connectivity index (χ0n) is 9.99. The number of rotatable bonds is 7. The summed E-state index contributed by atoms with van der Waals surface area (Å²) in [6.45, 7) is 2.59. The van der Waals surface area contributed by atoms with Crippen molar-refractivity contribution in [3.05, 3.63) is 11.6 Å². The Morgan fingerprint density at radius 1 is 1.53 bits per heavy atom. The molecule has 1 heterocycles. The van der Waals surface area contributed by atoms with Gasteiger partial charge in [0.2, 0.25) is 5.82 Å². The molecule has 0 aliphatic rings. The van der Waals surface area contributed by atoms with Crippen LogP contribution in [0.5, 0.6) is 0 Å². The lowest BCUT2D eigenvalue weighted by Crippen LogP contribution is -2.25. The van der Waals surface area contributed by atoms with Crippen molar-refractivity contribution < 1.29 is 4.79 Å². The zero-order valence-corrected chi connectivity index (χ0v) is 9.99. The van der Waals surface area contributed by atoms with Crippen molar-refractivity contribution in [1.29, 1.82) is 5.26 Å². The van der Waals surface area contributed by atoms with Crippen molar-refractivity contribution in [3.63, 3.8) is 0 Å². The summed E-state index contributed by atoms with van der Waals surface area (Å²) < 4.78 is 0. The fraction of sp³-hybridized carbons (Fsp3) is 0.636. The molecule has 6 nitrogen and oxygen atoms in total. The van der Waals surface area contributed by atoms with Gasteiger partial charge in [0.05, 0.1) is 6.07 Å². The Hall–Kier alpha value is -1.90. The second-order valence-corrected chi connectivity index (χ2v) is 3.73. The summed E-state index contributed by atoms with van der Waals surface area (Å²) in [5.74, 6) is 0.663. The van der Waals surface area contributed by atoms with Crippen molar-refractivity contribution in [3.8, 4) is 6.07 Å². The van der Waals surface area contributed by atoms with Gasteiger partial charge < -0.3 is 5.32 Å². The van der Waals surface area contributed by atoms with Gasteiger partial charge in [-0.3, -0.25) is 9.89 Å². The number of amides is 1. The molecule has 17 heavy (non-hydrogen) atoms. The minimum absolute atomic E-state index is 0.189. The molecule has 0 radical (unpaired) electrons. The number of hydrogen-bond acceptors (Lipinski definition) is 4. The molecule has 92 valence electrons. The van der Waals surface area contributed by atoms with Crippen LogP contribution in [0.15, 0.2) is 0 Å². The molecule has 0 atom stereocenters. The van der Waals surface area contributed by atoms with Gasteiger partial charge in [-0.1, -0.05) is 6.92 Å². The predicted octanol–water partition coefficient (Wildman–Crippen LogP) is 1.18. The second kappa shape index (κ2) is 7.39. The minimum atomic E-state index is -0.263. The number of nitrogens with zero attached hydrogens (tertiary/aromatic N) is 3. The van der Waals surface area contributed by atoms with Crippen molar-refractivity contribution in [2.24, 2.45) is 0 Å². The second-order valence-electron chi connectivity index (χ2n) is 3.73. The van der Waals surface area contributed by atoms with Gasteiger partial charge in [-0.15, -0.1) is 5.10 Å². The number of nitriles is 1. The quantitative estimate of drug-likeness (QED) is 0.694. The standard InChI is InChI=1S/C11H17N5O/c1-2-6-9-14-10(16-15-9)11(17)13-8-5-3-4-7-12/h2-6,8H2,1H3,(H,13,17)(H,14,15,16). The van der Waals surface area contributed by atoms with Crippen molar-refractivity contribution in [2.75, 3.05) is 6.54 Å². The number of nitrogens with one attached hydrogen (secondary N) is 2. The number of carbonyl (C=O) groups excluding carboxylic acids is 1. The maximum absolute atomic E-state index is 11.6. The average Bonchev–Trinajstić information content (AvgIpc) is 2.78. The summed E-state index contributed by atoms with van der Waals surface area (Å²) >= 11 is 0. The Kier molecular flexibility index (Phi) is 5.72. The van der Waals surface area contributed by atoms with Crippen LogP contribution >= 0.6 is 0 Å². The Labute approximate surface area is 100 Å². The Bertz CT molecular complexity index is 393. The highest BCUT2D eigenvalue weighted by atomic mass is 16.2. The van der Waals surface area contributed by atoms with E-state index in [0.717, 1.165) is 31.5 Å². The van der Waals surface area contributed by atoms with Crippen LogP contribution in [0.2, 0.25) is 0 Å². The molecule has 0 aliphatic carbocycles. The number of hydrogen-bond donors (Lipinski definition) is 2. The molecule has 1 aromatic heterocycles. The fourth-order valence-corrected chi connectivity index (χ4v) is 1.36. The molecule has 2 N–H and O–H groups in total. The number of carbonyl (C=O) groups is 1. The lowest BCUT2D eigenvalue weighted by atomic mass is 10.2. The molecule has 1 rings (SSSR count). The molecule has 0 aliphatic heterocycles. The van der Waals surface area contributed by atoms with Crippen LogP contribution in [-0.4, -0.2) is 27.6 Å². The summed E-state index contributed by atoms with van der Waals surface area (Å²) in [5, 5.41) is 17.6. The topological polar surface area (TPSA) is 94.5 Å². The highest BCUT2D eigenvalue weighted by molar-refractivity contribution is 5.90. The maximum Gasteiger partial charge on any atom is 0.290 e.